The Morgan fingerprint density at radius 2 is 2.12 bits per heavy atom. The van der Waals surface area contributed by atoms with Crippen LogP contribution in [0.2, 0.25) is 5.02 Å². The molecule has 1 aliphatic rings. The molecule has 0 radical (unpaired) electrons. The molecule has 16 heavy (non-hydrogen) atoms. The van der Waals surface area contributed by atoms with E-state index < -0.39 is 0 Å². The molecule has 88 valence electrons. The summed E-state index contributed by atoms with van der Waals surface area (Å²) in [4.78, 5) is 0. The molecule has 2 N–H and O–H groups in total. The quantitative estimate of drug-likeness (QED) is 0.749. The Labute approximate surface area is 100 Å². The highest BCUT2D eigenvalue weighted by Gasteiger charge is 2.19. The first-order valence-electron chi connectivity index (χ1n) is 5.64. The molecule has 0 aromatic heterocycles. The lowest BCUT2D eigenvalue weighted by Crippen LogP contribution is -2.28. The Balaban J connectivity index is 1.69. The van der Waals surface area contributed by atoms with Crippen molar-refractivity contribution in [2.75, 3.05) is 13.1 Å². The van der Waals surface area contributed by atoms with Crippen LogP contribution >= 0.6 is 11.6 Å². The van der Waals surface area contributed by atoms with Crippen molar-refractivity contribution >= 4 is 11.6 Å². The predicted octanol–water partition coefficient (Wildman–Crippen LogP) is 2.32. The van der Waals surface area contributed by atoms with E-state index >= 15 is 0 Å². The Morgan fingerprint density at radius 3 is 2.88 bits per heavy atom. The maximum Gasteiger partial charge on any atom is 0.146 e. The fourth-order valence-corrected chi connectivity index (χ4v) is 1.75. The predicted molar refractivity (Wildman–Crippen MR) is 64.1 cm³/mol. The van der Waals surface area contributed by atoms with Gasteiger partial charge in [-0.25, -0.2) is 4.39 Å². The van der Waals surface area contributed by atoms with Gasteiger partial charge in [-0.05, 0) is 18.9 Å². The molecule has 0 amide bonds. The number of benzene rings is 1. The van der Waals surface area contributed by atoms with Crippen LogP contribution in [0.1, 0.15) is 18.4 Å². The lowest BCUT2D eigenvalue weighted by molar-refractivity contribution is 0.573. The second kappa shape index (κ2) is 5.62. The van der Waals surface area contributed by atoms with Gasteiger partial charge in [0.05, 0.1) is 5.02 Å². The minimum atomic E-state index is -0.313. The number of rotatable bonds is 6. The van der Waals surface area contributed by atoms with Crippen LogP contribution in [0.3, 0.4) is 0 Å². The zero-order valence-electron chi connectivity index (χ0n) is 9.10. The van der Waals surface area contributed by atoms with E-state index in [0.29, 0.717) is 12.1 Å². The van der Waals surface area contributed by atoms with Crippen LogP contribution in [-0.2, 0) is 6.54 Å². The van der Waals surface area contributed by atoms with E-state index in [1.54, 1.807) is 18.2 Å². The zero-order chi connectivity index (χ0) is 11.4. The molecule has 1 aromatic carbocycles. The van der Waals surface area contributed by atoms with E-state index in [9.17, 15) is 4.39 Å². The normalized spacial score (nSPS) is 15.4. The van der Waals surface area contributed by atoms with Crippen molar-refractivity contribution in [3.05, 3.63) is 34.6 Å². The second-order valence-corrected chi connectivity index (χ2v) is 4.53. The van der Waals surface area contributed by atoms with Crippen LogP contribution in [0.15, 0.2) is 18.2 Å². The molecule has 0 spiro atoms. The monoisotopic (exact) mass is 242 g/mol. The topological polar surface area (TPSA) is 24.1 Å². The summed E-state index contributed by atoms with van der Waals surface area (Å²) in [5, 5.41) is 6.77. The number of hydrogen-bond acceptors (Lipinski definition) is 2. The van der Waals surface area contributed by atoms with E-state index in [-0.39, 0.29) is 10.8 Å². The van der Waals surface area contributed by atoms with Crippen molar-refractivity contribution in [1.29, 1.82) is 0 Å². The van der Waals surface area contributed by atoms with Crippen LogP contribution in [0, 0.1) is 5.82 Å². The lowest BCUT2D eigenvalue weighted by atomic mass is 10.2. The van der Waals surface area contributed by atoms with Gasteiger partial charge in [-0.1, -0.05) is 23.7 Å². The first-order valence-corrected chi connectivity index (χ1v) is 6.02. The number of hydrogen-bond donors (Lipinski definition) is 2. The largest absolute Gasteiger partial charge is 0.313 e. The van der Waals surface area contributed by atoms with Gasteiger partial charge in [-0.3, -0.25) is 0 Å². The Morgan fingerprint density at radius 1 is 1.31 bits per heavy atom. The fourth-order valence-electron chi connectivity index (χ4n) is 1.56. The highest BCUT2D eigenvalue weighted by molar-refractivity contribution is 6.30. The van der Waals surface area contributed by atoms with Gasteiger partial charge in [0.25, 0.3) is 0 Å². The van der Waals surface area contributed by atoms with Crippen LogP contribution in [0.5, 0.6) is 0 Å². The first kappa shape index (κ1) is 11.8. The summed E-state index contributed by atoms with van der Waals surface area (Å²) in [5.74, 6) is -0.313. The average Bonchev–Trinajstić information content (AvgIpc) is 3.07. The van der Waals surface area contributed by atoms with Crippen molar-refractivity contribution in [2.45, 2.75) is 25.4 Å². The van der Waals surface area contributed by atoms with Gasteiger partial charge < -0.3 is 10.6 Å². The van der Waals surface area contributed by atoms with Gasteiger partial charge in [-0.15, -0.1) is 0 Å². The van der Waals surface area contributed by atoms with Crippen molar-refractivity contribution in [3.8, 4) is 0 Å². The van der Waals surface area contributed by atoms with E-state index in [1.165, 1.54) is 12.8 Å². The molecule has 2 nitrogen and oxygen atoms in total. The highest BCUT2D eigenvalue weighted by Crippen LogP contribution is 2.18. The van der Waals surface area contributed by atoms with E-state index in [0.717, 1.165) is 19.1 Å². The highest BCUT2D eigenvalue weighted by atomic mass is 35.5. The summed E-state index contributed by atoms with van der Waals surface area (Å²) >= 11 is 5.69. The minimum absolute atomic E-state index is 0.190. The third-order valence-corrected chi connectivity index (χ3v) is 2.95. The Bertz CT molecular complexity index is 353. The molecule has 0 atom stereocenters. The smallest absolute Gasteiger partial charge is 0.146 e. The molecular weight excluding hydrogens is 227 g/mol. The Kier molecular flexibility index (Phi) is 4.16. The number of halogens is 2. The first-order chi connectivity index (χ1) is 7.77. The molecular formula is C12H16ClFN2. The van der Waals surface area contributed by atoms with Crippen molar-refractivity contribution in [2.24, 2.45) is 0 Å². The number of nitrogens with one attached hydrogen (secondary N) is 2. The molecule has 0 bridgehead atoms. The Hall–Kier alpha value is -0.640. The van der Waals surface area contributed by atoms with Gasteiger partial charge >= 0.3 is 0 Å². The molecule has 1 aromatic rings. The molecule has 1 aliphatic carbocycles. The van der Waals surface area contributed by atoms with Crippen molar-refractivity contribution in [3.63, 3.8) is 0 Å². The molecule has 0 heterocycles. The van der Waals surface area contributed by atoms with Gasteiger partial charge in [0.15, 0.2) is 0 Å². The van der Waals surface area contributed by atoms with E-state index in [1.807, 2.05) is 0 Å². The summed E-state index contributed by atoms with van der Waals surface area (Å²) in [7, 11) is 0. The van der Waals surface area contributed by atoms with Crippen LogP contribution in [0.4, 0.5) is 4.39 Å². The minimum Gasteiger partial charge on any atom is -0.313 e. The molecule has 0 saturated heterocycles. The third-order valence-electron chi connectivity index (χ3n) is 2.66. The maximum absolute atomic E-state index is 13.5. The SMILES string of the molecule is Fc1c(Cl)cccc1CNCCNC1CC1. The maximum atomic E-state index is 13.5. The third kappa shape index (κ3) is 3.44. The summed E-state index contributed by atoms with van der Waals surface area (Å²) in [6.45, 7) is 2.31. The second-order valence-electron chi connectivity index (χ2n) is 4.12. The van der Waals surface area contributed by atoms with Crippen molar-refractivity contribution < 1.29 is 4.39 Å². The van der Waals surface area contributed by atoms with Crippen LogP contribution < -0.4 is 10.6 Å². The fraction of sp³-hybridized carbons (Fsp3) is 0.500. The van der Waals surface area contributed by atoms with E-state index in [2.05, 4.69) is 10.6 Å². The van der Waals surface area contributed by atoms with Gasteiger partial charge in [0, 0.05) is 31.2 Å². The molecule has 1 fully saturated rings. The summed E-state index contributed by atoms with van der Waals surface area (Å²) < 4.78 is 13.5. The standard InChI is InChI=1S/C12H16ClFN2/c13-11-3-1-2-9(12(11)14)8-15-6-7-16-10-4-5-10/h1-3,10,15-16H,4-8H2. The molecule has 1 saturated carbocycles. The van der Waals surface area contributed by atoms with Gasteiger partial charge in [0.2, 0.25) is 0 Å². The van der Waals surface area contributed by atoms with E-state index in [4.69, 9.17) is 11.6 Å². The van der Waals surface area contributed by atoms with Gasteiger partial charge in [0.1, 0.15) is 5.82 Å². The zero-order valence-corrected chi connectivity index (χ0v) is 9.86. The van der Waals surface area contributed by atoms with Crippen LogP contribution in [0.25, 0.3) is 0 Å². The summed E-state index contributed by atoms with van der Waals surface area (Å²) in [5.41, 5.74) is 0.624. The van der Waals surface area contributed by atoms with Crippen LogP contribution in [-0.4, -0.2) is 19.1 Å². The summed E-state index contributed by atoms with van der Waals surface area (Å²) in [6, 6.07) is 5.81. The van der Waals surface area contributed by atoms with Gasteiger partial charge in [-0.2, -0.15) is 0 Å². The molecule has 0 unspecified atom stereocenters. The molecule has 2 rings (SSSR count). The summed E-state index contributed by atoms with van der Waals surface area (Å²) in [6.07, 6.45) is 2.59. The van der Waals surface area contributed by atoms with Crippen molar-refractivity contribution in [1.82, 2.24) is 10.6 Å². The average molecular weight is 243 g/mol. The lowest BCUT2D eigenvalue weighted by Gasteiger charge is -2.07. The molecule has 4 heteroatoms. The molecule has 0 aliphatic heterocycles.